The number of hydrogen-bond acceptors (Lipinski definition) is 2. The van der Waals surface area contributed by atoms with Crippen molar-refractivity contribution in [2.75, 3.05) is 5.32 Å². The lowest BCUT2D eigenvalue weighted by atomic mass is 10.1. The van der Waals surface area contributed by atoms with Crippen LogP contribution in [-0.2, 0) is 11.3 Å². The highest BCUT2D eigenvalue weighted by atomic mass is 79.9. The van der Waals surface area contributed by atoms with E-state index in [1.807, 2.05) is 0 Å². The largest absolute Gasteiger partial charge is 0.331 e. The third-order valence-electron chi connectivity index (χ3n) is 4.45. The first-order valence-corrected chi connectivity index (χ1v) is 9.19. The van der Waals surface area contributed by atoms with Crippen LogP contribution in [-0.4, -0.2) is 10.5 Å². The molecule has 4 aromatic rings. The molecule has 140 valence electrons. The number of rotatable bonds is 3. The number of hydrogen-bond donors (Lipinski definition) is 1. The Hall–Kier alpha value is -3.06. The second kappa shape index (κ2) is 7.16. The van der Waals surface area contributed by atoms with Gasteiger partial charge in [0.1, 0.15) is 12.4 Å². The number of nitrogens with one attached hydrogen (secondary N) is 1. The first kappa shape index (κ1) is 18.3. The van der Waals surface area contributed by atoms with E-state index < -0.39 is 17.5 Å². The summed E-state index contributed by atoms with van der Waals surface area (Å²) in [6.07, 6.45) is 0. The fourth-order valence-corrected chi connectivity index (χ4v) is 3.74. The van der Waals surface area contributed by atoms with Gasteiger partial charge in [-0.2, -0.15) is 0 Å². The van der Waals surface area contributed by atoms with E-state index in [1.165, 1.54) is 0 Å². The molecule has 1 heterocycles. The van der Waals surface area contributed by atoms with Gasteiger partial charge in [-0.3, -0.25) is 9.59 Å². The second-order valence-corrected chi connectivity index (χ2v) is 7.10. The summed E-state index contributed by atoms with van der Waals surface area (Å²) in [7, 11) is 0. The lowest BCUT2D eigenvalue weighted by Crippen LogP contribution is -2.22. The number of benzene rings is 3. The Kier molecular flexibility index (Phi) is 4.68. The molecule has 0 unspecified atom stereocenters. The summed E-state index contributed by atoms with van der Waals surface area (Å²) in [5.41, 5.74) is 0.941. The van der Waals surface area contributed by atoms with Crippen LogP contribution in [0.5, 0.6) is 0 Å². The van der Waals surface area contributed by atoms with Gasteiger partial charge in [0.05, 0.1) is 16.7 Å². The zero-order chi connectivity index (χ0) is 19.8. The third kappa shape index (κ3) is 3.18. The van der Waals surface area contributed by atoms with E-state index >= 15 is 0 Å². The van der Waals surface area contributed by atoms with Gasteiger partial charge in [-0.15, -0.1) is 0 Å². The topological polar surface area (TPSA) is 51.1 Å². The van der Waals surface area contributed by atoms with Crippen LogP contribution in [0.15, 0.2) is 69.9 Å². The number of fused-ring (bicyclic) bond motifs is 2. The molecule has 0 aliphatic carbocycles. The van der Waals surface area contributed by atoms with E-state index in [9.17, 15) is 18.4 Å². The molecule has 0 bridgehead atoms. The summed E-state index contributed by atoms with van der Waals surface area (Å²) in [4.78, 5) is 25.4. The Morgan fingerprint density at radius 3 is 2.11 bits per heavy atom. The maximum atomic E-state index is 14.0. The van der Waals surface area contributed by atoms with Crippen molar-refractivity contribution < 1.29 is 13.6 Å². The van der Waals surface area contributed by atoms with Crippen molar-refractivity contribution in [3.63, 3.8) is 0 Å². The van der Waals surface area contributed by atoms with Gasteiger partial charge in [-0.05, 0) is 46.3 Å². The maximum Gasteiger partial charge on any atom is 0.244 e. The SMILES string of the molecule is O=C(Cn1c2ccccc2c(=O)c2ccccc21)Nc1c(F)cc(F)cc1Br. The van der Waals surface area contributed by atoms with Gasteiger partial charge in [-0.25, -0.2) is 8.78 Å². The summed E-state index contributed by atoms with van der Waals surface area (Å²) in [5, 5.41) is 3.45. The Bertz CT molecular complexity index is 1220. The molecule has 4 rings (SSSR count). The van der Waals surface area contributed by atoms with Gasteiger partial charge >= 0.3 is 0 Å². The molecular formula is C21H13BrF2N2O2. The molecule has 1 N–H and O–H groups in total. The molecule has 0 radical (unpaired) electrons. The van der Waals surface area contributed by atoms with E-state index in [0.717, 1.165) is 6.07 Å². The van der Waals surface area contributed by atoms with Crippen molar-refractivity contribution >= 4 is 49.3 Å². The quantitative estimate of drug-likeness (QED) is 0.461. The molecule has 28 heavy (non-hydrogen) atoms. The van der Waals surface area contributed by atoms with Gasteiger partial charge in [0, 0.05) is 21.3 Å². The third-order valence-corrected chi connectivity index (χ3v) is 5.08. The minimum atomic E-state index is -0.880. The molecule has 0 saturated carbocycles. The number of pyridine rings is 1. The van der Waals surface area contributed by atoms with E-state index in [2.05, 4.69) is 21.2 Å². The average Bonchev–Trinajstić information content (AvgIpc) is 2.68. The highest BCUT2D eigenvalue weighted by Gasteiger charge is 2.16. The fourth-order valence-electron chi connectivity index (χ4n) is 3.23. The number of amides is 1. The second-order valence-electron chi connectivity index (χ2n) is 6.24. The molecule has 1 aromatic heterocycles. The molecule has 3 aromatic carbocycles. The molecule has 7 heteroatoms. The summed E-state index contributed by atoms with van der Waals surface area (Å²) in [6.45, 7) is -0.148. The van der Waals surface area contributed by atoms with Gasteiger partial charge in [0.2, 0.25) is 5.91 Å². The molecule has 0 atom stereocenters. The van der Waals surface area contributed by atoms with Crippen LogP contribution < -0.4 is 10.7 Å². The number of carbonyl (C=O) groups excluding carboxylic acids is 1. The van der Waals surface area contributed by atoms with Crippen molar-refractivity contribution in [1.82, 2.24) is 4.57 Å². The molecule has 1 amide bonds. The number of carbonyl (C=O) groups is 1. The van der Waals surface area contributed by atoms with Gasteiger partial charge in [0.25, 0.3) is 0 Å². The first-order valence-electron chi connectivity index (χ1n) is 8.40. The smallest absolute Gasteiger partial charge is 0.244 e. The van der Waals surface area contributed by atoms with Crippen molar-refractivity contribution in [2.45, 2.75) is 6.54 Å². The fraction of sp³-hybridized carbons (Fsp3) is 0.0476. The molecule has 0 aliphatic heterocycles. The van der Waals surface area contributed by atoms with Gasteiger partial charge in [-0.1, -0.05) is 24.3 Å². The zero-order valence-electron chi connectivity index (χ0n) is 14.4. The predicted octanol–water partition coefficient (Wildman–Crippen LogP) is 4.83. The van der Waals surface area contributed by atoms with Crippen LogP contribution in [0, 0.1) is 11.6 Å². The Morgan fingerprint density at radius 1 is 0.964 bits per heavy atom. The van der Waals surface area contributed by atoms with Gasteiger partial charge in [0.15, 0.2) is 11.2 Å². The minimum absolute atomic E-state index is 0.105. The van der Waals surface area contributed by atoms with Gasteiger partial charge < -0.3 is 9.88 Å². The number of nitrogens with zero attached hydrogens (tertiary/aromatic N) is 1. The van der Waals surface area contributed by atoms with Crippen molar-refractivity contribution in [1.29, 1.82) is 0 Å². The molecule has 0 aliphatic rings. The van der Waals surface area contributed by atoms with Crippen molar-refractivity contribution in [2.24, 2.45) is 0 Å². The van der Waals surface area contributed by atoms with Crippen LogP contribution >= 0.6 is 15.9 Å². The number of aromatic nitrogens is 1. The Morgan fingerprint density at radius 2 is 1.54 bits per heavy atom. The van der Waals surface area contributed by atoms with Crippen LogP contribution in [0.1, 0.15) is 0 Å². The lowest BCUT2D eigenvalue weighted by molar-refractivity contribution is -0.116. The number of para-hydroxylation sites is 2. The molecule has 4 nitrogen and oxygen atoms in total. The van der Waals surface area contributed by atoms with Crippen molar-refractivity contribution in [3.8, 4) is 0 Å². The number of halogens is 3. The first-order chi connectivity index (χ1) is 13.5. The molecule has 0 fully saturated rings. The summed E-state index contributed by atoms with van der Waals surface area (Å²) >= 11 is 3.06. The van der Waals surface area contributed by atoms with E-state index in [4.69, 9.17) is 0 Å². The minimum Gasteiger partial charge on any atom is -0.331 e. The normalized spacial score (nSPS) is 11.1. The van der Waals surface area contributed by atoms with Crippen molar-refractivity contribution in [3.05, 3.63) is 87.0 Å². The Balaban J connectivity index is 1.80. The van der Waals surface area contributed by atoms with Crippen LogP contribution in [0.3, 0.4) is 0 Å². The maximum absolute atomic E-state index is 14.0. The highest BCUT2D eigenvalue weighted by Crippen LogP contribution is 2.27. The van der Waals surface area contributed by atoms with E-state index in [1.54, 1.807) is 53.1 Å². The Labute approximate surface area is 166 Å². The summed E-state index contributed by atoms with van der Waals surface area (Å²) in [5.74, 6) is -2.14. The molecule has 0 spiro atoms. The van der Waals surface area contributed by atoms with E-state index in [0.29, 0.717) is 27.9 Å². The standard InChI is InChI=1S/C21H13BrF2N2O2/c22-15-9-12(23)10-16(24)20(15)25-19(27)11-26-17-7-3-1-5-13(17)21(28)14-6-2-4-8-18(14)26/h1-10H,11H2,(H,25,27). The number of anilines is 1. The van der Waals surface area contributed by atoms with Crippen LogP contribution in [0.4, 0.5) is 14.5 Å². The summed E-state index contributed by atoms with van der Waals surface area (Å²) in [6, 6.07) is 15.8. The molecular weight excluding hydrogens is 430 g/mol. The highest BCUT2D eigenvalue weighted by molar-refractivity contribution is 9.10. The van der Waals surface area contributed by atoms with Crippen LogP contribution in [0.25, 0.3) is 21.8 Å². The lowest BCUT2D eigenvalue weighted by Gasteiger charge is -2.15. The molecule has 0 saturated heterocycles. The van der Waals surface area contributed by atoms with Crippen LogP contribution in [0.2, 0.25) is 0 Å². The summed E-state index contributed by atoms with van der Waals surface area (Å²) < 4.78 is 29.1. The van der Waals surface area contributed by atoms with E-state index in [-0.39, 0.29) is 22.1 Å². The zero-order valence-corrected chi connectivity index (χ0v) is 16.0. The predicted molar refractivity (Wildman–Crippen MR) is 108 cm³/mol. The monoisotopic (exact) mass is 442 g/mol. The average molecular weight is 443 g/mol.